The Labute approximate surface area is 110 Å². The molecule has 5 nitrogen and oxygen atoms in total. The summed E-state index contributed by atoms with van der Waals surface area (Å²) in [5.41, 5.74) is 8.00. The van der Waals surface area contributed by atoms with E-state index in [0.29, 0.717) is 5.95 Å². The number of hydrogen-bond acceptors (Lipinski definition) is 5. The Morgan fingerprint density at radius 3 is 2.83 bits per heavy atom. The van der Waals surface area contributed by atoms with Gasteiger partial charge in [0.1, 0.15) is 0 Å². The second kappa shape index (κ2) is 4.10. The van der Waals surface area contributed by atoms with Crippen LogP contribution in [0.1, 0.15) is 12.5 Å². The van der Waals surface area contributed by atoms with Crippen LogP contribution < -0.4 is 10.6 Å². The average molecular weight is 262 g/mol. The molecule has 6 heteroatoms. The minimum atomic E-state index is 0.120. The van der Waals surface area contributed by atoms with Gasteiger partial charge in [0.25, 0.3) is 0 Å². The van der Waals surface area contributed by atoms with Gasteiger partial charge >= 0.3 is 0 Å². The van der Waals surface area contributed by atoms with Crippen molar-refractivity contribution < 1.29 is 0 Å². The van der Waals surface area contributed by atoms with Gasteiger partial charge in [0.15, 0.2) is 0 Å². The van der Waals surface area contributed by atoms with Crippen molar-refractivity contribution in [2.45, 2.75) is 19.4 Å². The van der Waals surface area contributed by atoms with Crippen LogP contribution in [0.2, 0.25) is 5.28 Å². The summed E-state index contributed by atoms with van der Waals surface area (Å²) in [6.07, 6.45) is 0.958. The predicted molar refractivity (Wildman–Crippen MR) is 71.0 cm³/mol. The van der Waals surface area contributed by atoms with Gasteiger partial charge in [-0.2, -0.15) is 15.0 Å². The SMILES string of the molecule is CC1Cc2ccccc2N1c1nc(N)nc(Cl)n1. The fourth-order valence-corrected chi connectivity index (χ4v) is 2.49. The Morgan fingerprint density at radius 2 is 2.06 bits per heavy atom. The van der Waals surface area contributed by atoms with Crippen LogP contribution in [-0.4, -0.2) is 21.0 Å². The number of nitrogens with zero attached hydrogens (tertiary/aromatic N) is 4. The number of benzene rings is 1. The van der Waals surface area contributed by atoms with Crippen molar-refractivity contribution in [1.29, 1.82) is 0 Å². The summed E-state index contributed by atoms with van der Waals surface area (Å²) in [6.45, 7) is 2.12. The number of aromatic nitrogens is 3. The zero-order chi connectivity index (χ0) is 12.7. The van der Waals surface area contributed by atoms with Gasteiger partial charge in [-0.25, -0.2) is 0 Å². The van der Waals surface area contributed by atoms with Crippen molar-refractivity contribution in [3.8, 4) is 0 Å². The van der Waals surface area contributed by atoms with Crippen LogP contribution in [0.3, 0.4) is 0 Å². The Kier molecular flexibility index (Phi) is 2.56. The quantitative estimate of drug-likeness (QED) is 0.852. The highest BCUT2D eigenvalue weighted by Gasteiger charge is 2.29. The first-order chi connectivity index (χ1) is 8.65. The number of nitrogen functional groups attached to an aromatic ring is 1. The van der Waals surface area contributed by atoms with Gasteiger partial charge in [-0.15, -0.1) is 0 Å². The molecule has 0 saturated carbocycles. The summed E-state index contributed by atoms with van der Waals surface area (Å²) in [5, 5.41) is 0.120. The fraction of sp³-hybridized carbons (Fsp3) is 0.250. The zero-order valence-corrected chi connectivity index (χ0v) is 10.6. The summed E-state index contributed by atoms with van der Waals surface area (Å²) in [6, 6.07) is 8.46. The fourth-order valence-electron chi connectivity index (χ4n) is 2.33. The number of para-hydroxylation sites is 1. The number of fused-ring (bicyclic) bond motifs is 1. The van der Waals surface area contributed by atoms with Crippen molar-refractivity contribution in [2.75, 3.05) is 10.6 Å². The van der Waals surface area contributed by atoms with E-state index in [9.17, 15) is 0 Å². The molecule has 3 rings (SSSR count). The number of hydrogen-bond donors (Lipinski definition) is 1. The highest BCUT2D eigenvalue weighted by Crippen LogP contribution is 2.36. The number of rotatable bonds is 1. The maximum Gasteiger partial charge on any atom is 0.236 e. The van der Waals surface area contributed by atoms with Crippen molar-refractivity contribution in [2.24, 2.45) is 0 Å². The molecule has 0 fully saturated rings. The lowest BCUT2D eigenvalue weighted by atomic mass is 10.1. The second-order valence-electron chi connectivity index (χ2n) is 4.31. The van der Waals surface area contributed by atoms with Crippen molar-refractivity contribution >= 4 is 29.2 Å². The van der Waals surface area contributed by atoms with Crippen molar-refractivity contribution in [3.05, 3.63) is 35.1 Å². The summed E-state index contributed by atoms with van der Waals surface area (Å²) < 4.78 is 0. The lowest BCUT2D eigenvalue weighted by molar-refractivity contribution is 0.737. The summed E-state index contributed by atoms with van der Waals surface area (Å²) in [4.78, 5) is 14.1. The van der Waals surface area contributed by atoms with Crippen LogP contribution in [0.25, 0.3) is 0 Å². The molecule has 0 radical (unpaired) electrons. The van der Waals surface area contributed by atoms with Gasteiger partial charge in [-0.3, -0.25) is 0 Å². The van der Waals surface area contributed by atoms with E-state index in [2.05, 4.69) is 27.9 Å². The van der Waals surface area contributed by atoms with Crippen LogP contribution in [0.5, 0.6) is 0 Å². The second-order valence-corrected chi connectivity index (χ2v) is 4.65. The molecule has 92 valence electrons. The molecular weight excluding hydrogens is 250 g/mol. The molecule has 2 aromatic rings. The summed E-state index contributed by atoms with van der Waals surface area (Å²) in [7, 11) is 0. The third-order valence-corrected chi connectivity index (χ3v) is 3.21. The number of halogens is 1. The van der Waals surface area contributed by atoms with E-state index in [0.717, 1.165) is 12.1 Å². The molecule has 0 spiro atoms. The largest absolute Gasteiger partial charge is 0.368 e. The molecule has 1 aromatic carbocycles. The summed E-state index contributed by atoms with van der Waals surface area (Å²) >= 11 is 5.83. The summed E-state index contributed by atoms with van der Waals surface area (Å²) in [5.74, 6) is 0.645. The van der Waals surface area contributed by atoms with Crippen molar-refractivity contribution in [3.63, 3.8) is 0 Å². The van der Waals surface area contributed by atoms with Gasteiger partial charge in [-0.1, -0.05) is 18.2 Å². The molecule has 0 amide bonds. The first kappa shape index (κ1) is 11.2. The Bertz CT molecular complexity index is 581. The lowest BCUT2D eigenvalue weighted by Crippen LogP contribution is -2.26. The van der Waals surface area contributed by atoms with Crippen LogP contribution >= 0.6 is 11.6 Å². The van der Waals surface area contributed by atoms with Crippen LogP contribution in [0.15, 0.2) is 24.3 Å². The molecule has 2 heterocycles. The Morgan fingerprint density at radius 1 is 1.28 bits per heavy atom. The van der Waals surface area contributed by atoms with E-state index in [1.54, 1.807) is 0 Å². The van der Waals surface area contributed by atoms with Crippen LogP contribution in [0.4, 0.5) is 17.6 Å². The molecular formula is C12H12ClN5. The molecule has 1 aliphatic rings. The molecule has 18 heavy (non-hydrogen) atoms. The molecule has 1 aromatic heterocycles. The number of anilines is 3. The minimum absolute atomic E-state index is 0.120. The van der Waals surface area contributed by atoms with Gasteiger partial charge in [0.05, 0.1) is 0 Å². The molecule has 1 aliphatic heterocycles. The topological polar surface area (TPSA) is 67.9 Å². The normalized spacial score (nSPS) is 17.9. The third-order valence-electron chi connectivity index (χ3n) is 3.04. The molecule has 0 saturated heterocycles. The van der Waals surface area contributed by atoms with E-state index >= 15 is 0 Å². The Hall–Kier alpha value is -1.88. The highest BCUT2D eigenvalue weighted by atomic mass is 35.5. The maximum atomic E-state index is 5.83. The highest BCUT2D eigenvalue weighted by molar-refractivity contribution is 6.28. The molecule has 0 bridgehead atoms. The molecule has 0 aliphatic carbocycles. The van der Waals surface area contributed by atoms with E-state index in [-0.39, 0.29) is 17.3 Å². The first-order valence-electron chi connectivity index (χ1n) is 5.69. The first-order valence-corrected chi connectivity index (χ1v) is 6.07. The van der Waals surface area contributed by atoms with Crippen LogP contribution in [0, 0.1) is 0 Å². The smallest absolute Gasteiger partial charge is 0.236 e. The average Bonchev–Trinajstić information content (AvgIpc) is 2.63. The molecule has 1 unspecified atom stereocenters. The van der Waals surface area contributed by atoms with E-state index in [1.807, 2.05) is 23.1 Å². The van der Waals surface area contributed by atoms with Gasteiger partial charge in [0, 0.05) is 11.7 Å². The van der Waals surface area contributed by atoms with E-state index < -0.39 is 0 Å². The van der Waals surface area contributed by atoms with E-state index in [1.165, 1.54) is 5.56 Å². The van der Waals surface area contributed by atoms with Gasteiger partial charge in [-0.05, 0) is 36.6 Å². The molecule has 1 atom stereocenters. The third kappa shape index (κ3) is 1.76. The number of nitrogens with two attached hydrogens (primary N) is 1. The van der Waals surface area contributed by atoms with Crippen LogP contribution in [-0.2, 0) is 6.42 Å². The van der Waals surface area contributed by atoms with E-state index in [4.69, 9.17) is 17.3 Å². The van der Waals surface area contributed by atoms with Crippen molar-refractivity contribution in [1.82, 2.24) is 15.0 Å². The minimum Gasteiger partial charge on any atom is -0.368 e. The predicted octanol–water partition coefficient (Wildman–Crippen LogP) is 2.19. The lowest BCUT2D eigenvalue weighted by Gasteiger charge is -2.22. The zero-order valence-electron chi connectivity index (χ0n) is 9.84. The maximum absolute atomic E-state index is 5.83. The standard InChI is InChI=1S/C12H12ClN5/c1-7-6-8-4-2-3-5-9(8)18(7)12-16-10(13)15-11(14)17-12/h2-5,7H,6H2,1H3,(H2,14,15,16,17). The Balaban J connectivity index is 2.11. The van der Waals surface area contributed by atoms with Gasteiger partial charge in [0.2, 0.25) is 17.2 Å². The monoisotopic (exact) mass is 261 g/mol. The van der Waals surface area contributed by atoms with Gasteiger partial charge < -0.3 is 10.6 Å². The molecule has 2 N–H and O–H groups in total.